The van der Waals surface area contributed by atoms with Gasteiger partial charge in [0.05, 0.1) is 23.0 Å². The Bertz CT molecular complexity index is 1080. The van der Waals surface area contributed by atoms with Crippen LogP contribution >= 0.6 is 0 Å². The average molecular weight is 417 g/mol. The molecule has 0 aromatic heterocycles. The number of imide groups is 1. The number of amides is 2. The summed E-state index contributed by atoms with van der Waals surface area (Å²) in [5, 5.41) is 15.9. The number of nitro benzene ring substituents is 1. The third kappa shape index (κ3) is 3.39. The van der Waals surface area contributed by atoms with Gasteiger partial charge >= 0.3 is 0 Å². The highest BCUT2D eigenvalue weighted by atomic mass is 16.6. The first kappa shape index (κ1) is 19.2. The van der Waals surface area contributed by atoms with Crippen LogP contribution in [0.5, 0.6) is 5.75 Å². The molecule has 4 atom stereocenters. The minimum Gasteiger partial charge on any atom is -0.489 e. The van der Waals surface area contributed by atoms with Gasteiger partial charge in [-0.25, -0.2) is 0 Å². The second-order valence-corrected chi connectivity index (χ2v) is 8.01. The van der Waals surface area contributed by atoms with E-state index >= 15 is 0 Å². The number of nitrogens with zero attached hydrogens (tertiary/aromatic N) is 3. The summed E-state index contributed by atoms with van der Waals surface area (Å²) in [6, 6.07) is 13.3. The number of allylic oxidation sites excluding steroid dienone is 2. The van der Waals surface area contributed by atoms with Crippen LogP contribution < -0.4 is 4.74 Å². The van der Waals surface area contributed by atoms with E-state index in [1.54, 1.807) is 36.4 Å². The van der Waals surface area contributed by atoms with Crippen molar-refractivity contribution in [1.82, 2.24) is 5.01 Å². The van der Waals surface area contributed by atoms with Crippen LogP contribution in [0, 0.1) is 33.8 Å². The van der Waals surface area contributed by atoms with Gasteiger partial charge in [0.2, 0.25) is 0 Å². The fourth-order valence-electron chi connectivity index (χ4n) is 4.66. The van der Waals surface area contributed by atoms with Crippen molar-refractivity contribution in [3.8, 4) is 5.75 Å². The molecule has 156 valence electrons. The zero-order valence-corrected chi connectivity index (χ0v) is 16.5. The molecule has 0 unspecified atom stereocenters. The molecule has 3 aliphatic rings. The molecule has 2 aliphatic carbocycles. The van der Waals surface area contributed by atoms with E-state index in [2.05, 4.69) is 17.3 Å². The number of carbonyl (C=O) groups is 2. The Morgan fingerprint density at radius 2 is 1.61 bits per heavy atom. The van der Waals surface area contributed by atoms with Gasteiger partial charge in [-0.1, -0.05) is 12.2 Å². The lowest BCUT2D eigenvalue weighted by atomic mass is 9.85. The highest BCUT2D eigenvalue weighted by Crippen LogP contribution is 2.52. The van der Waals surface area contributed by atoms with Gasteiger partial charge in [-0.2, -0.15) is 10.1 Å². The number of carbonyl (C=O) groups excluding carboxylic acids is 2. The Balaban J connectivity index is 1.20. The molecule has 1 saturated heterocycles. The van der Waals surface area contributed by atoms with Crippen molar-refractivity contribution in [3.05, 3.63) is 81.9 Å². The number of hydrogen-bond acceptors (Lipinski definition) is 6. The Labute approximate surface area is 178 Å². The van der Waals surface area contributed by atoms with Gasteiger partial charge < -0.3 is 4.74 Å². The Hall–Kier alpha value is -3.81. The number of nitro groups is 1. The van der Waals surface area contributed by atoms with Crippen LogP contribution in [-0.4, -0.2) is 28.0 Å². The summed E-state index contributed by atoms with van der Waals surface area (Å²) in [6.45, 7) is 0.279. The van der Waals surface area contributed by atoms with Crippen molar-refractivity contribution in [3.63, 3.8) is 0 Å². The van der Waals surface area contributed by atoms with Gasteiger partial charge in [-0.15, -0.1) is 0 Å². The molecule has 1 heterocycles. The van der Waals surface area contributed by atoms with Gasteiger partial charge in [0.25, 0.3) is 17.5 Å². The van der Waals surface area contributed by atoms with Crippen molar-refractivity contribution in [1.29, 1.82) is 0 Å². The molecule has 8 heteroatoms. The van der Waals surface area contributed by atoms with E-state index in [1.165, 1.54) is 18.3 Å². The van der Waals surface area contributed by atoms with Gasteiger partial charge in [-0.05, 0) is 65.8 Å². The van der Waals surface area contributed by atoms with Crippen LogP contribution in [-0.2, 0) is 16.2 Å². The van der Waals surface area contributed by atoms with Crippen LogP contribution in [0.4, 0.5) is 5.69 Å². The van der Waals surface area contributed by atoms with E-state index in [0.29, 0.717) is 5.75 Å². The predicted molar refractivity (Wildman–Crippen MR) is 111 cm³/mol. The first-order valence-electron chi connectivity index (χ1n) is 10.1. The number of ether oxygens (including phenoxy) is 1. The van der Waals surface area contributed by atoms with Crippen LogP contribution in [0.15, 0.2) is 65.8 Å². The summed E-state index contributed by atoms with van der Waals surface area (Å²) in [4.78, 5) is 35.5. The average Bonchev–Trinajstić information content (AvgIpc) is 3.46. The van der Waals surface area contributed by atoms with Gasteiger partial charge in [0.1, 0.15) is 12.4 Å². The molecule has 8 nitrogen and oxygen atoms in total. The number of rotatable bonds is 6. The minimum absolute atomic E-state index is 0.0369. The maximum absolute atomic E-state index is 12.6. The highest BCUT2D eigenvalue weighted by Gasteiger charge is 2.59. The third-order valence-electron chi connectivity index (χ3n) is 6.20. The SMILES string of the molecule is O=C1[C@@H]2[C@@H](C(=O)N1/N=C\c1ccc(OCc3ccc([N+](=O)[O-])cc3)cc1)[C@H]1C=C[C@@H]2C1. The molecule has 5 rings (SSSR count). The lowest BCUT2D eigenvalue weighted by Gasteiger charge is -2.13. The molecule has 31 heavy (non-hydrogen) atoms. The van der Waals surface area contributed by atoms with E-state index in [4.69, 9.17) is 4.74 Å². The molecule has 1 aliphatic heterocycles. The zero-order valence-electron chi connectivity index (χ0n) is 16.5. The monoisotopic (exact) mass is 417 g/mol. The number of benzene rings is 2. The van der Waals surface area contributed by atoms with Crippen molar-refractivity contribution >= 4 is 23.7 Å². The smallest absolute Gasteiger partial charge is 0.269 e. The van der Waals surface area contributed by atoms with E-state index in [1.807, 2.05) is 0 Å². The van der Waals surface area contributed by atoms with E-state index in [-0.39, 0.29) is 47.8 Å². The van der Waals surface area contributed by atoms with Gasteiger partial charge in [-0.3, -0.25) is 19.7 Å². The first-order chi connectivity index (χ1) is 15.0. The quantitative estimate of drug-likeness (QED) is 0.236. The minimum atomic E-state index is -0.443. The van der Waals surface area contributed by atoms with Gasteiger partial charge in [0.15, 0.2) is 0 Å². The van der Waals surface area contributed by atoms with Crippen molar-refractivity contribution < 1.29 is 19.2 Å². The van der Waals surface area contributed by atoms with E-state index in [0.717, 1.165) is 22.6 Å². The molecule has 2 amide bonds. The van der Waals surface area contributed by atoms with Crippen molar-refractivity contribution in [2.75, 3.05) is 0 Å². The molecule has 2 bridgehead atoms. The zero-order chi connectivity index (χ0) is 21.5. The Morgan fingerprint density at radius 1 is 1.00 bits per heavy atom. The number of hydrazone groups is 1. The summed E-state index contributed by atoms with van der Waals surface area (Å²) in [6.07, 6.45) is 6.51. The van der Waals surface area contributed by atoms with Gasteiger partial charge in [0, 0.05) is 12.1 Å². The molecular weight excluding hydrogens is 398 g/mol. The summed E-state index contributed by atoms with van der Waals surface area (Å²) >= 11 is 0. The van der Waals surface area contributed by atoms with Crippen LogP contribution in [0.2, 0.25) is 0 Å². The Kier molecular flexibility index (Phi) is 4.62. The van der Waals surface area contributed by atoms with Crippen LogP contribution in [0.3, 0.4) is 0 Å². The van der Waals surface area contributed by atoms with E-state index in [9.17, 15) is 19.7 Å². The lowest BCUT2D eigenvalue weighted by molar-refractivity contribution is -0.384. The fourth-order valence-corrected chi connectivity index (χ4v) is 4.66. The van der Waals surface area contributed by atoms with Crippen molar-refractivity contribution in [2.45, 2.75) is 13.0 Å². The summed E-state index contributed by atoms with van der Waals surface area (Å²) in [5.74, 6) is 0.0423. The second-order valence-electron chi connectivity index (χ2n) is 8.01. The molecule has 2 fully saturated rings. The molecule has 0 N–H and O–H groups in total. The topological polar surface area (TPSA) is 102 Å². The fraction of sp³-hybridized carbons (Fsp3) is 0.261. The maximum atomic E-state index is 12.6. The van der Waals surface area contributed by atoms with E-state index < -0.39 is 4.92 Å². The van der Waals surface area contributed by atoms with Crippen molar-refractivity contribution in [2.24, 2.45) is 28.8 Å². The summed E-state index contributed by atoms with van der Waals surface area (Å²) < 4.78 is 5.70. The number of non-ortho nitro benzene ring substituents is 1. The first-order valence-corrected chi connectivity index (χ1v) is 10.1. The molecule has 1 saturated carbocycles. The third-order valence-corrected chi connectivity index (χ3v) is 6.20. The number of fused-ring (bicyclic) bond motifs is 5. The summed E-state index contributed by atoms with van der Waals surface area (Å²) in [7, 11) is 0. The Morgan fingerprint density at radius 3 is 2.19 bits per heavy atom. The standard InChI is InChI=1S/C23H19N3O5/c27-22-20-16-5-6-17(11-16)21(20)23(28)25(22)24-12-14-3-9-19(10-4-14)31-13-15-1-7-18(8-2-15)26(29)30/h1-10,12,16-17,20-21H,11,13H2/b24-12-/t16-,17+,20-,21-/m0/s1. The predicted octanol–water partition coefficient (Wildman–Crippen LogP) is 3.31. The lowest BCUT2D eigenvalue weighted by Crippen LogP contribution is -2.28. The largest absolute Gasteiger partial charge is 0.489 e. The molecule has 0 spiro atoms. The van der Waals surface area contributed by atoms with Crippen LogP contribution in [0.25, 0.3) is 0 Å². The maximum Gasteiger partial charge on any atom is 0.269 e. The highest BCUT2D eigenvalue weighted by molar-refractivity contribution is 6.06. The number of hydrogen-bond donors (Lipinski definition) is 0. The van der Waals surface area contributed by atoms with Crippen LogP contribution in [0.1, 0.15) is 17.5 Å². The molecule has 0 radical (unpaired) electrons. The summed E-state index contributed by atoms with van der Waals surface area (Å²) in [5.41, 5.74) is 1.59. The molecular formula is C23H19N3O5. The molecule has 2 aromatic rings. The normalized spacial score (nSPS) is 26.1. The molecule has 2 aromatic carbocycles. The second kappa shape index (κ2) is 7.46.